The van der Waals surface area contributed by atoms with Crippen molar-refractivity contribution in [1.82, 2.24) is 0 Å². The van der Waals surface area contributed by atoms with E-state index in [1.807, 2.05) is 0 Å². The summed E-state index contributed by atoms with van der Waals surface area (Å²) in [5.41, 5.74) is 1.52. The van der Waals surface area contributed by atoms with E-state index in [-0.39, 0.29) is 11.7 Å². The summed E-state index contributed by atoms with van der Waals surface area (Å²) in [7, 11) is 0. The SMILES string of the molecule is C[C@H](OC(=O)c1ccc(N2CCCC2=O)cc1)C(=O)c1ccc(Cl)cc1. The molecule has 0 N–H and O–H groups in total. The van der Waals surface area contributed by atoms with Gasteiger partial charge in [-0.25, -0.2) is 4.79 Å². The monoisotopic (exact) mass is 371 g/mol. The van der Waals surface area contributed by atoms with Crippen molar-refractivity contribution in [3.8, 4) is 0 Å². The summed E-state index contributed by atoms with van der Waals surface area (Å²) in [6, 6.07) is 13.0. The molecular formula is C20H18ClNO4. The van der Waals surface area contributed by atoms with Gasteiger partial charge in [-0.1, -0.05) is 11.6 Å². The van der Waals surface area contributed by atoms with Crippen LogP contribution in [0.1, 0.15) is 40.5 Å². The molecule has 1 saturated heterocycles. The lowest BCUT2D eigenvalue weighted by atomic mass is 10.1. The molecule has 1 aliphatic heterocycles. The Balaban J connectivity index is 1.64. The fourth-order valence-electron chi connectivity index (χ4n) is 2.83. The molecule has 1 heterocycles. The highest BCUT2D eigenvalue weighted by molar-refractivity contribution is 6.30. The highest BCUT2D eigenvalue weighted by atomic mass is 35.5. The molecule has 1 atom stereocenters. The van der Waals surface area contributed by atoms with Gasteiger partial charge in [0.2, 0.25) is 11.7 Å². The van der Waals surface area contributed by atoms with Gasteiger partial charge in [0.1, 0.15) is 0 Å². The van der Waals surface area contributed by atoms with Crippen molar-refractivity contribution in [3.05, 3.63) is 64.7 Å². The number of amides is 1. The molecule has 0 unspecified atom stereocenters. The predicted octanol–water partition coefficient (Wildman–Crippen LogP) is 3.90. The Morgan fingerprint density at radius 2 is 1.65 bits per heavy atom. The third kappa shape index (κ3) is 3.94. The summed E-state index contributed by atoms with van der Waals surface area (Å²) >= 11 is 5.81. The molecule has 2 aromatic rings. The number of carbonyl (C=O) groups is 3. The third-order valence-corrected chi connectivity index (χ3v) is 4.52. The Morgan fingerprint density at radius 3 is 2.23 bits per heavy atom. The fourth-order valence-corrected chi connectivity index (χ4v) is 2.96. The van der Waals surface area contributed by atoms with Gasteiger partial charge >= 0.3 is 5.97 Å². The molecule has 1 aliphatic rings. The lowest BCUT2D eigenvalue weighted by Gasteiger charge is -2.16. The van der Waals surface area contributed by atoms with Crippen molar-refractivity contribution in [3.63, 3.8) is 0 Å². The molecule has 0 spiro atoms. The van der Waals surface area contributed by atoms with Crippen LogP contribution in [0.5, 0.6) is 0 Å². The summed E-state index contributed by atoms with van der Waals surface area (Å²) in [6.45, 7) is 2.22. The van der Waals surface area contributed by atoms with Gasteiger partial charge in [-0.15, -0.1) is 0 Å². The molecule has 3 rings (SSSR count). The Morgan fingerprint density at radius 1 is 1.04 bits per heavy atom. The van der Waals surface area contributed by atoms with E-state index < -0.39 is 12.1 Å². The van der Waals surface area contributed by atoms with Crippen LogP contribution in [-0.4, -0.2) is 30.3 Å². The Bertz CT molecular complexity index is 830. The maximum Gasteiger partial charge on any atom is 0.338 e. The van der Waals surface area contributed by atoms with Gasteiger partial charge < -0.3 is 9.64 Å². The first-order valence-electron chi connectivity index (χ1n) is 8.37. The molecule has 6 heteroatoms. The number of benzene rings is 2. The van der Waals surface area contributed by atoms with Crippen LogP contribution in [0.2, 0.25) is 5.02 Å². The first-order valence-corrected chi connectivity index (χ1v) is 8.74. The minimum absolute atomic E-state index is 0.0857. The van der Waals surface area contributed by atoms with E-state index in [0.29, 0.717) is 29.1 Å². The molecule has 0 bridgehead atoms. The molecule has 2 aromatic carbocycles. The molecule has 0 aromatic heterocycles. The molecule has 0 saturated carbocycles. The molecular weight excluding hydrogens is 354 g/mol. The van der Waals surface area contributed by atoms with Crippen molar-refractivity contribution < 1.29 is 19.1 Å². The third-order valence-electron chi connectivity index (χ3n) is 4.27. The lowest BCUT2D eigenvalue weighted by Crippen LogP contribution is -2.25. The van der Waals surface area contributed by atoms with Gasteiger partial charge in [0.15, 0.2) is 6.10 Å². The maximum atomic E-state index is 12.3. The van der Waals surface area contributed by atoms with Gasteiger partial charge in [0.25, 0.3) is 0 Å². The number of ether oxygens (including phenoxy) is 1. The van der Waals surface area contributed by atoms with Crippen LogP contribution in [0, 0.1) is 0 Å². The summed E-state index contributed by atoms with van der Waals surface area (Å²) in [4.78, 5) is 38.0. The number of carbonyl (C=O) groups excluding carboxylic acids is 3. The van der Waals surface area contributed by atoms with Crippen LogP contribution in [0.3, 0.4) is 0 Å². The average molecular weight is 372 g/mol. The van der Waals surface area contributed by atoms with E-state index in [1.54, 1.807) is 53.4 Å². The first kappa shape index (κ1) is 18.1. The minimum Gasteiger partial charge on any atom is -0.451 e. The molecule has 1 amide bonds. The number of rotatable bonds is 5. The van der Waals surface area contributed by atoms with Crippen molar-refractivity contribution >= 4 is 34.9 Å². The van der Waals surface area contributed by atoms with Crippen LogP contribution in [-0.2, 0) is 9.53 Å². The molecule has 0 radical (unpaired) electrons. The number of nitrogens with zero attached hydrogens (tertiary/aromatic N) is 1. The van der Waals surface area contributed by atoms with Crippen molar-refractivity contribution in [2.45, 2.75) is 25.9 Å². The zero-order valence-corrected chi connectivity index (χ0v) is 15.0. The van der Waals surface area contributed by atoms with Gasteiger partial charge in [-0.2, -0.15) is 0 Å². The van der Waals surface area contributed by atoms with E-state index in [9.17, 15) is 14.4 Å². The van der Waals surface area contributed by atoms with Crippen molar-refractivity contribution in [2.24, 2.45) is 0 Å². The maximum absolute atomic E-state index is 12.3. The fraction of sp³-hybridized carbons (Fsp3) is 0.250. The van der Waals surface area contributed by atoms with Crippen molar-refractivity contribution in [1.29, 1.82) is 0 Å². The quantitative estimate of drug-likeness (QED) is 0.590. The second kappa shape index (κ2) is 7.70. The number of anilines is 1. The Hall–Kier alpha value is -2.66. The summed E-state index contributed by atoms with van der Waals surface area (Å²) in [5, 5.41) is 0.530. The molecule has 26 heavy (non-hydrogen) atoms. The number of Topliss-reactive ketones (excluding diaryl/α,β-unsaturated/α-hetero) is 1. The molecule has 1 fully saturated rings. The number of ketones is 1. The standard InChI is InChI=1S/C20H18ClNO4/c1-13(19(24)14-4-8-16(21)9-5-14)26-20(25)15-6-10-17(11-7-15)22-12-2-3-18(22)23/h4-11,13H,2-3,12H2,1H3/t13-/m0/s1. The highest BCUT2D eigenvalue weighted by Gasteiger charge is 2.23. The second-order valence-electron chi connectivity index (χ2n) is 6.11. The van der Waals surface area contributed by atoms with Crippen molar-refractivity contribution in [2.75, 3.05) is 11.4 Å². The molecule has 5 nitrogen and oxygen atoms in total. The van der Waals surface area contributed by atoms with Gasteiger partial charge in [0, 0.05) is 29.2 Å². The highest BCUT2D eigenvalue weighted by Crippen LogP contribution is 2.22. The van der Waals surface area contributed by atoms with E-state index >= 15 is 0 Å². The summed E-state index contributed by atoms with van der Waals surface area (Å²) in [6.07, 6.45) is 0.477. The summed E-state index contributed by atoms with van der Waals surface area (Å²) < 4.78 is 5.27. The second-order valence-corrected chi connectivity index (χ2v) is 6.55. The first-order chi connectivity index (χ1) is 12.5. The normalized spacial score (nSPS) is 15.0. The largest absolute Gasteiger partial charge is 0.451 e. The predicted molar refractivity (Wildman–Crippen MR) is 98.7 cm³/mol. The van der Waals surface area contributed by atoms with E-state index in [0.717, 1.165) is 12.1 Å². The zero-order chi connectivity index (χ0) is 18.7. The Labute approximate surface area is 156 Å². The summed E-state index contributed by atoms with van der Waals surface area (Å²) in [5.74, 6) is -0.795. The van der Waals surface area contributed by atoms with Crippen LogP contribution in [0.25, 0.3) is 0 Å². The van der Waals surface area contributed by atoms with E-state index in [2.05, 4.69) is 0 Å². The number of hydrogen-bond donors (Lipinski definition) is 0. The number of halogens is 1. The lowest BCUT2D eigenvalue weighted by molar-refractivity contribution is -0.117. The average Bonchev–Trinajstić information content (AvgIpc) is 3.07. The molecule has 0 aliphatic carbocycles. The van der Waals surface area contributed by atoms with Gasteiger partial charge in [-0.05, 0) is 61.9 Å². The molecule has 134 valence electrons. The minimum atomic E-state index is -0.913. The topological polar surface area (TPSA) is 63.7 Å². The smallest absolute Gasteiger partial charge is 0.338 e. The van der Waals surface area contributed by atoms with Crippen LogP contribution in [0.15, 0.2) is 48.5 Å². The van der Waals surface area contributed by atoms with Gasteiger partial charge in [0.05, 0.1) is 5.56 Å². The zero-order valence-electron chi connectivity index (χ0n) is 14.3. The van der Waals surface area contributed by atoms with Crippen LogP contribution < -0.4 is 4.90 Å². The van der Waals surface area contributed by atoms with Crippen LogP contribution in [0.4, 0.5) is 5.69 Å². The van der Waals surface area contributed by atoms with E-state index in [4.69, 9.17) is 16.3 Å². The van der Waals surface area contributed by atoms with Gasteiger partial charge in [-0.3, -0.25) is 9.59 Å². The van der Waals surface area contributed by atoms with E-state index in [1.165, 1.54) is 6.92 Å². The Kier molecular flexibility index (Phi) is 5.38. The van der Waals surface area contributed by atoms with Crippen LogP contribution >= 0.6 is 11.6 Å². The number of esters is 1. The number of hydrogen-bond acceptors (Lipinski definition) is 4.